The van der Waals surface area contributed by atoms with E-state index in [0.29, 0.717) is 10.8 Å². The third-order valence-corrected chi connectivity index (χ3v) is 4.92. The second-order valence-corrected chi connectivity index (χ2v) is 7.54. The number of amides is 2. The third kappa shape index (κ3) is 3.93. The van der Waals surface area contributed by atoms with E-state index in [1.54, 1.807) is 24.3 Å². The molecular weight excluding hydrogens is 408 g/mol. The van der Waals surface area contributed by atoms with Crippen LogP contribution in [0.2, 0.25) is 0 Å². The van der Waals surface area contributed by atoms with Crippen LogP contribution in [0.3, 0.4) is 0 Å². The lowest BCUT2D eigenvalue weighted by Gasteiger charge is -2.23. The minimum Gasteiger partial charge on any atom is -0.326 e. The molecule has 1 atom stereocenters. The molecule has 0 saturated carbocycles. The van der Waals surface area contributed by atoms with E-state index in [0.717, 1.165) is 10.2 Å². The zero-order valence-electron chi connectivity index (χ0n) is 13.3. The zero-order chi connectivity index (χ0) is 18.0. The van der Waals surface area contributed by atoms with E-state index < -0.39 is 17.4 Å². The second-order valence-electron chi connectivity index (χ2n) is 5.37. The average Bonchev–Trinajstić information content (AvgIpc) is 2.56. The van der Waals surface area contributed by atoms with Crippen LogP contribution in [-0.4, -0.2) is 27.5 Å². The zero-order valence-corrected chi connectivity index (χ0v) is 15.7. The summed E-state index contributed by atoms with van der Waals surface area (Å²) >= 11 is 4.68. The van der Waals surface area contributed by atoms with Gasteiger partial charge in [-0.3, -0.25) is 14.4 Å². The number of aromatic nitrogens is 2. The van der Waals surface area contributed by atoms with Gasteiger partial charge in [0.15, 0.2) is 5.16 Å². The summed E-state index contributed by atoms with van der Waals surface area (Å²) in [5, 5.41) is 5.75. The Morgan fingerprint density at radius 1 is 1.36 bits per heavy atom. The summed E-state index contributed by atoms with van der Waals surface area (Å²) in [6.45, 7) is 1.93. The minimum atomic E-state index is -0.885. The van der Waals surface area contributed by atoms with Gasteiger partial charge >= 0.3 is 0 Å². The van der Waals surface area contributed by atoms with Gasteiger partial charge in [0.1, 0.15) is 5.82 Å². The summed E-state index contributed by atoms with van der Waals surface area (Å²) in [6.07, 6.45) is -0.0968. The number of carbonyl (C=O) groups is 2. The van der Waals surface area contributed by atoms with Gasteiger partial charge in [-0.25, -0.2) is 4.98 Å². The number of anilines is 2. The number of rotatable bonds is 4. The Morgan fingerprint density at radius 2 is 2.08 bits per heavy atom. The number of benzene rings is 1. The van der Waals surface area contributed by atoms with Gasteiger partial charge < -0.3 is 15.6 Å². The SMILES string of the molecule is CCSc1nc2c(c(=O)[nH]1)[C@H](C(=O)Nc1ccc(Br)cc1)CC(=O)N2. The molecule has 25 heavy (non-hydrogen) atoms. The van der Waals surface area contributed by atoms with Crippen molar-refractivity contribution in [1.29, 1.82) is 0 Å². The lowest BCUT2D eigenvalue weighted by molar-refractivity contribution is -0.123. The molecule has 9 heteroatoms. The van der Waals surface area contributed by atoms with Gasteiger partial charge in [-0.15, -0.1) is 0 Å². The molecule has 2 heterocycles. The van der Waals surface area contributed by atoms with Crippen LogP contribution in [0.4, 0.5) is 11.5 Å². The molecule has 1 aliphatic heterocycles. The molecule has 7 nitrogen and oxygen atoms in total. The Balaban J connectivity index is 1.92. The fraction of sp³-hybridized carbons (Fsp3) is 0.250. The number of carbonyl (C=O) groups excluding carboxylic acids is 2. The van der Waals surface area contributed by atoms with E-state index in [-0.39, 0.29) is 23.7 Å². The maximum absolute atomic E-state index is 12.6. The first kappa shape index (κ1) is 17.7. The summed E-state index contributed by atoms with van der Waals surface area (Å²) in [6, 6.07) is 7.05. The van der Waals surface area contributed by atoms with Gasteiger partial charge in [0.05, 0.1) is 11.5 Å². The molecule has 1 aromatic carbocycles. The van der Waals surface area contributed by atoms with Crippen LogP contribution in [0.25, 0.3) is 0 Å². The summed E-state index contributed by atoms with van der Waals surface area (Å²) in [4.78, 5) is 43.9. The molecule has 2 aromatic rings. The second kappa shape index (κ2) is 7.40. The summed E-state index contributed by atoms with van der Waals surface area (Å²) in [7, 11) is 0. The van der Waals surface area contributed by atoms with Crippen LogP contribution < -0.4 is 16.2 Å². The van der Waals surface area contributed by atoms with Crippen molar-refractivity contribution in [2.24, 2.45) is 0 Å². The lowest BCUT2D eigenvalue weighted by atomic mass is 9.92. The number of fused-ring (bicyclic) bond motifs is 1. The van der Waals surface area contributed by atoms with E-state index >= 15 is 0 Å². The van der Waals surface area contributed by atoms with Crippen molar-refractivity contribution in [3.8, 4) is 0 Å². The highest BCUT2D eigenvalue weighted by Gasteiger charge is 2.34. The predicted molar refractivity (Wildman–Crippen MR) is 100 cm³/mol. The minimum absolute atomic E-state index is 0.0968. The Bertz CT molecular complexity index is 882. The molecule has 0 aliphatic carbocycles. The first-order valence-electron chi connectivity index (χ1n) is 7.61. The number of halogens is 1. The Hall–Kier alpha value is -2.13. The number of hydrogen-bond donors (Lipinski definition) is 3. The Morgan fingerprint density at radius 3 is 2.76 bits per heavy atom. The third-order valence-electron chi connectivity index (χ3n) is 3.64. The number of hydrogen-bond acceptors (Lipinski definition) is 5. The number of aromatic amines is 1. The topological polar surface area (TPSA) is 104 Å². The molecule has 0 saturated heterocycles. The molecule has 1 aromatic heterocycles. The smallest absolute Gasteiger partial charge is 0.257 e. The summed E-state index contributed by atoms with van der Waals surface area (Å²) in [5.74, 6) is -0.754. The molecular formula is C16H15BrN4O3S. The van der Waals surface area contributed by atoms with Crippen molar-refractivity contribution in [3.63, 3.8) is 0 Å². The summed E-state index contributed by atoms with van der Waals surface area (Å²) in [5.41, 5.74) is 0.370. The molecule has 2 amide bonds. The van der Waals surface area contributed by atoms with Crippen molar-refractivity contribution in [1.82, 2.24) is 9.97 Å². The molecule has 0 spiro atoms. The number of thioether (sulfide) groups is 1. The van der Waals surface area contributed by atoms with Gasteiger partial charge in [0, 0.05) is 16.6 Å². The van der Waals surface area contributed by atoms with Crippen LogP contribution in [0.1, 0.15) is 24.8 Å². The van der Waals surface area contributed by atoms with Crippen LogP contribution in [0.15, 0.2) is 38.7 Å². The maximum atomic E-state index is 12.6. The van der Waals surface area contributed by atoms with Crippen LogP contribution in [0, 0.1) is 0 Å². The van der Waals surface area contributed by atoms with E-state index in [2.05, 4.69) is 36.5 Å². The molecule has 3 rings (SSSR count). The number of nitrogens with zero attached hydrogens (tertiary/aromatic N) is 1. The highest BCUT2D eigenvalue weighted by molar-refractivity contribution is 9.10. The van der Waals surface area contributed by atoms with Gasteiger partial charge in [-0.1, -0.05) is 34.6 Å². The maximum Gasteiger partial charge on any atom is 0.257 e. The highest BCUT2D eigenvalue weighted by atomic mass is 79.9. The van der Waals surface area contributed by atoms with E-state index in [9.17, 15) is 14.4 Å². The standard InChI is InChI=1S/C16H15BrN4O3S/c1-2-25-16-20-13-12(15(24)21-16)10(7-11(22)19-13)14(23)18-9-5-3-8(17)4-6-9/h3-6,10H,2,7H2,1H3,(H,18,23)(H2,19,20,21,22,24)/t10-/m1/s1. The van der Waals surface area contributed by atoms with E-state index in [4.69, 9.17) is 0 Å². The molecule has 0 fully saturated rings. The first-order chi connectivity index (χ1) is 12.0. The fourth-order valence-electron chi connectivity index (χ4n) is 2.54. The normalized spacial score (nSPS) is 16.1. The van der Waals surface area contributed by atoms with Gasteiger partial charge in [-0.05, 0) is 30.0 Å². The van der Waals surface area contributed by atoms with Gasteiger partial charge in [0.25, 0.3) is 5.56 Å². The quantitative estimate of drug-likeness (QED) is 0.518. The number of nitrogens with one attached hydrogen (secondary N) is 3. The molecule has 0 unspecified atom stereocenters. The highest BCUT2D eigenvalue weighted by Crippen LogP contribution is 2.30. The van der Waals surface area contributed by atoms with Crippen molar-refractivity contribution in [3.05, 3.63) is 44.7 Å². The van der Waals surface area contributed by atoms with Gasteiger partial charge in [-0.2, -0.15) is 0 Å². The molecule has 1 aliphatic rings. The van der Waals surface area contributed by atoms with Crippen LogP contribution >= 0.6 is 27.7 Å². The molecule has 0 bridgehead atoms. The van der Waals surface area contributed by atoms with Gasteiger partial charge in [0.2, 0.25) is 11.8 Å². The van der Waals surface area contributed by atoms with Crippen molar-refractivity contribution >= 4 is 51.0 Å². The van der Waals surface area contributed by atoms with Crippen LogP contribution in [0.5, 0.6) is 0 Å². The van der Waals surface area contributed by atoms with Crippen molar-refractivity contribution < 1.29 is 9.59 Å². The fourth-order valence-corrected chi connectivity index (χ4v) is 3.40. The Labute approximate surface area is 156 Å². The van der Waals surface area contributed by atoms with E-state index in [1.165, 1.54) is 11.8 Å². The van der Waals surface area contributed by atoms with E-state index in [1.807, 2.05) is 6.92 Å². The van der Waals surface area contributed by atoms with Crippen LogP contribution in [-0.2, 0) is 9.59 Å². The monoisotopic (exact) mass is 422 g/mol. The Kier molecular flexibility index (Phi) is 5.24. The average molecular weight is 423 g/mol. The number of H-pyrrole nitrogens is 1. The van der Waals surface area contributed by atoms with Crippen molar-refractivity contribution in [2.75, 3.05) is 16.4 Å². The first-order valence-corrected chi connectivity index (χ1v) is 9.39. The molecule has 130 valence electrons. The predicted octanol–water partition coefficient (Wildman–Crippen LogP) is 2.71. The molecule has 3 N–H and O–H groups in total. The van der Waals surface area contributed by atoms with Crippen molar-refractivity contribution in [2.45, 2.75) is 24.4 Å². The summed E-state index contributed by atoms with van der Waals surface area (Å²) < 4.78 is 0.884. The lowest BCUT2D eigenvalue weighted by Crippen LogP contribution is -2.36. The largest absolute Gasteiger partial charge is 0.326 e. The molecule has 0 radical (unpaired) electrons.